The maximum absolute atomic E-state index is 14.4. The van der Waals surface area contributed by atoms with Crippen molar-refractivity contribution in [3.8, 4) is 0 Å². The molecule has 1 atom stereocenters. The molecule has 0 aliphatic carbocycles. The van der Waals surface area contributed by atoms with Crippen LogP contribution in [-0.2, 0) is 4.79 Å². The molecule has 1 saturated heterocycles. The number of nitrogens with one attached hydrogen (secondary N) is 1. The van der Waals surface area contributed by atoms with Gasteiger partial charge in [0.1, 0.15) is 6.04 Å². The number of carbonyl (C=O) groups is 3. The molecular formula is C37H58N6O3. The van der Waals surface area contributed by atoms with Gasteiger partial charge in [0.15, 0.2) is 0 Å². The lowest BCUT2D eigenvalue weighted by Crippen LogP contribution is -2.64. The van der Waals surface area contributed by atoms with Crippen LogP contribution in [0, 0.1) is 0 Å². The van der Waals surface area contributed by atoms with E-state index in [9.17, 15) is 14.4 Å². The SMILES string of the molecule is CCCCCN(CCCCC)C(=O)N1CCN(C(=O)N(c2ccccc2)c2ccccc2)C(C(=O)NCCCCN(CC)CC)C1. The van der Waals surface area contributed by atoms with E-state index in [0.717, 1.165) is 82.4 Å². The minimum atomic E-state index is -0.795. The largest absolute Gasteiger partial charge is 0.354 e. The Morgan fingerprint density at radius 2 is 1.24 bits per heavy atom. The second-order valence-corrected chi connectivity index (χ2v) is 12.2. The zero-order valence-corrected chi connectivity index (χ0v) is 28.8. The van der Waals surface area contributed by atoms with E-state index >= 15 is 0 Å². The first-order valence-electron chi connectivity index (χ1n) is 17.7. The molecule has 1 unspecified atom stereocenters. The third kappa shape index (κ3) is 11.0. The molecule has 46 heavy (non-hydrogen) atoms. The molecule has 254 valence electrons. The van der Waals surface area contributed by atoms with Crippen LogP contribution in [0.4, 0.5) is 21.0 Å². The minimum Gasteiger partial charge on any atom is -0.354 e. The average molecular weight is 635 g/mol. The van der Waals surface area contributed by atoms with Gasteiger partial charge in [0.05, 0.1) is 17.9 Å². The predicted molar refractivity (Wildman–Crippen MR) is 189 cm³/mol. The van der Waals surface area contributed by atoms with Gasteiger partial charge in [0, 0.05) is 32.7 Å². The Labute approximate surface area is 277 Å². The number of rotatable bonds is 18. The van der Waals surface area contributed by atoms with Crippen LogP contribution < -0.4 is 10.2 Å². The van der Waals surface area contributed by atoms with E-state index in [-0.39, 0.29) is 31.1 Å². The Hall–Kier alpha value is -3.59. The van der Waals surface area contributed by atoms with Gasteiger partial charge in [0.25, 0.3) is 0 Å². The van der Waals surface area contributed by atoms with Crippen molar-refractivity contribution >= 4 is 29.3 Å². The second kappa shape index (κ2) is 20.5. The standard InChI is InChI=1S/C37H58N6O3/c1-5-9-18-27-40(28-19-10-6-2)36(45)41-29-30-42(34(31-41)35(44)38-25-17-20-26-39(7-3)8-4)37(46)43(32-21-13-11-14-22-32)33-23-15-12-16-24-33/h11-16,21-24,34H,5-10,17-20,25-31H2,1-4H3,(H,38,44). The smallest absolute Gasteiger partial charge is 0.329 e. The predicted octanol–water partition coefficient (Wildman–Crippen LogP) is 6.97. The topological polar surface area (TPSA) is 79.4 Å². The molecule has 0 radical (unpaired) electrons. The highest BCUT2D eigenvalue weighted by molar-refractivity contribution is 6.01. The summed E-state index contributed by atoms with van der Waals surface area (Å²) < 4.78 is 0. The molecule has 1 N–H and O–H groups in total. The number of piperazine rings is 1. The summed E-state index contributed by atoms with van der Waals surface area (Å²) in [5, 5.41) is 3.12. The van der Waals surface area contributed by atoms with E-state index in [0.29, 0.717) is 26.2 Å². The third-order valence-corrected chi connectivity index (χ3v) is 8.85. The molecule has 5 amide bonds. The summed E-state index contributed by atoms with van der Waals surface area (Å²) in [7, 11) is 0. The van der Waals surface area contributed by atoms with E-state index in [4.69, 9.17) is 0 Å². The number of hydrogen-bond acceptors (Lipinski definition) is 4. The zero-order chi connectivity index (χ0) is 33.1. The van der Waals surface area contributed by atoms with E-state index in [1.165, 1.54) is 0 Å². The first-order valence-corrected chi connectivity index (χ1v) is 17.7. The molecule has 1 fully saturated rings. The van der Waals surface area contributed by atoms with Gasteiger partial charge in [-0.2, -0.15) is 0 Å². The van der Waals surface area contributed by atoms with Gasteiger partial charge in [0.2, 0.25) is 5.91 Å². The maximum Gasteiger partial charge on any atom is 0.329 e. The van der Waals surface area contributed by atoms with Crippen molar-refractivity contribution < 1.29 is 14.4 Å². The lowest BCUT2D eigenvalue weighted by molar-refractivity contribution is -0.127. The normalized spacial score (nSPS) is 14.8. The number of hydrogen-bond donors (Lipinski definition) is 1. The van der Waals surface area contributed by atoms with Crippen molar-refractivity contribution in [3.63, 3.8) is 0 Å². The monoisotopic (exact) mass is 634 g/mol. The number of unbranched alkanes of at least 4 members (excludes halogenated alkanes) is 5. The Morgan fingerprint density at radius 1 is 0.696 bits per heavy atom. The zero-order valence-electron chi connectivity index (χ0n) is 28.8. The van der Waals surface area contributed by atoms with Gasteiger partial charge >= 0.3 is 12.1 Å². The van der Waals surface area contributed by atoms with Gasteiger partial charge in [-0.3, -0.25) is 9.69 Å². The molecule has 2 aromatic carbocycles. The number of urea groups is 2. The summed E-state index contributed by atoms with van der Waals surface area (Å²) >= 11 is 0. The first-order chi connectivity index (χ1) is 22.4. The van der Waals surface area contributed by atoms with Crippen molar-refractivity contribution in [2.45, 2.75) is 85.1 Å². The Balaban J connectivity index is 1.83. The molecular weight excluding hydrogens is 576 g/mol. The van der Waals surface area contributed by atoms with Crippen LogP contribution in [0.1, 0.15) is 79.1 Å². The number of carbonyl (C=O) groups excluding carboxylic acids is 3. The van der Waals surface area contributed by atoms with Crippen molar-refractivity contribution in [3.05, 3.63) is 60.7 Å². The van der Waals surface area contributed by atoms with Crippen molar-refractivity contribution in [2.75, 3.05) is 63.8 Å². The molecule has 0 aromatic heterocycles. The molecule has 2 aromatic rings. The second-order valence-electron chi connectivity index (χ2n) is 12.2. The quantitative estimate of drug-likeness (QED) is 0.180. The summed E-state index contributed by atoms with van der Waals surface area (Å²) in [5.74, 6) is -0.210. The van der Waals surface area contributed by atoms with Crippen molar-refractivity contribution in [2.24, 2.45) is 0 Å². The van der Waals surface area contributed by atoms with E-state index < -0.39 is 6.04 Å². The minimum absolute atomic E-state index is 0.0284. The summed E-state index contributed by atoms with van der Waals surface area (Å²) in [5.41, 5.74) is 1.46. The highest BCUT2D eigenvalue weighted by atomic mass is 16.2. The maximum atomic E-state index is 14.4. The number of para-hydroxylation sites is 2. The van der Waals surface area contributed by atoms with Crippen LogP contribution >= 0.6 is 0 Å². The summed E-state index contributed by atoms with van der Waals surface area (Å²) in [6, 6.07) is 18.0. The Morgan fingerprint density at radius 3 is 1.76 bits per heavy atom. The summed E-state index contributed by atoms with van der Waals surface area (Å²) in [6.45, 7) is 14.5. The number of nitrogens with zero attached hydrogens (tertiary/aromatic N) is 5. The molecule has 1 aliphatic heterocycles. The van der Waals surface area contributed by atoms with Crippen LogP contribution in [0.15, 0.2) is 60.7 Å². The van der Waals surface area contributed by atoms with Gasteiger partial charge in [-0.25, -0.2) is 9.59 Å². The fourth-order valence-corrected chi connectivity index (χ4v) is 6.00. The fourth-order valence-electron chi connectivity index (χ4n) is 6.00. The number of benzene rings is 2. The van der Waals surface area contributed by atoms with E-state index in [2.05, 4.69) is 37.9 Å². The van der Waals surface area contributed by atoms with Crippen LogP contribution in [0.5, 0.6) is 0 Å². The van der Waals surface area contributed by atoms with Crippen molar-refractivity contribution in [1.29, 1.82) is 0 Å². The fraction of sp³-hybridized carbons (Fsp3) is 0.595. The highest BCUT2D eigenvalue weighted by Gasteiger charge is 2.40. The van der Waals surface area contributed by atoms with Crippen molar-refractivity contribution in [1.82, 2.24) is 24.9 Å². The van der Waals surface area contributed by atoms with Crippen LogP contribution in [0.2, 0.25) is 0 Å². The number of anilines is 2. The van der Waals surface area contributed by atoms with E-state index in [1.54, 1.807) is 14.7 Å². The lowest BCUT2D eigenvalue weighted by Gasteiger charge is -2.43. The van der Waals surface area contributed by atoms with Gasteiger partial charge in [-0.15, -0.1) is 0 Å². The summed E-state index contributed by atoms with van der Waals surface area (Å²) in [4.78, 5) is 51.7. The van der Waals surface area contributed by atoms with Gasteiger partial charge < -0.3 is 24.9 Å². The molecule has 0 saturated carbocycles. The van der Waals surface area contributed by atoms with Crippen LogP contribution in [-0.4, -0.2) is 103 Å². The molecule has 1 aliphatic rings. The third-order valence-electron chi connectivity index (χ3n) is 8.85. The molecule has 9 nitrogen and oxygen atoms in total. The average Bonchev–Trinajstić information content (AvgIpc) is 3.09. The molecule has 0 spiro atoms. The lowest BCUT2D eigenvalue weighted by atomic mass is 10.1. The molecule has 0 bridgehead atoms. The summed E-state index contributed by atoms with van der Waals surface area (Å²) in [6.07, 6.45) is 8.11. The molecule has 1 heterocycles. The first kappa shape index (κ1) is 36.9. The van der Waals surface area contributed by atoms with Crippen LogP contribution in [0.3, 0.4) is 0 Å². The number of amides is 5. The Bertz CT molecular complexity index is 1110. The van der Waals surface area contributed by atoms with Gasteiger partial charge in [-0.05, 0) is 69.6 Å². The molecule has 9 heteroatoms. The van der Waals surface area contributed by atoms with Gasteiger partial charge in [-0.1, -0.05) is 89.8 Å². The molecule has 3 rings (SSSR count). The highest BCUT2D eigenvalue weighted by Crippen LogP contribution is 2.28. The van der Waals surface area contributed by atoms with Crippen LogP contribution in [0.25, 0.3) is 0 Å². The van der Waals surface area contributed by atoms with E-state index in [1.807, 2.05) is 65.6 Å². The Kier molecular flexibility index (Phi) is 16.4.